The topological polar surface area (TPSA) is 46.4 Å². The monoisotopic (exact) mass is 324 g/mol. The molecule has 6 heteroatoms. The van der Waals surface area contributed by atoms with E-state index in [-0.39, 0.29) is 23.0 Å². The van der Waals surface area contributed by atoms with E-state index in [0.717, 1.165) is 18.5 Å². The highest BCUT2D eigenvalue weighted by Gasteiger charge is 2.25. The SMILES string of the molecule is CC1Cc2sccc2CN1Cc1ccccc1[N+](=O)[O-].Cl. The van der Waals surface area contributed by atoms with Gasteiger partial charge in [-0.25, -0.2) is 0 Å². The first-order chi connectivity index (χ1) is 9.65. The normalized spacial score (nSPS) is 17.9. The number of nitro groups is 1. The minimum atomic E-state index is -0.292. The lowest BCUT2D eigenvalue weighted by molar-refractivity contribution is -0.385. The van der Waals surface area contributed by atoms with E-state index in [2.05, 4.69) is 23.3 Å². The van der Waals surface area contributed by atoms with Crippen molar-refractivity contribution in [2.24, 2.45) is 0 Å². The molecule has 21 heavy (non-hydrogen) atoms. The quantitative estimate of drug-likeness (QED) is 0.632. The van der Waals surface area contributed by atoms with E-state index in [1.165, 1.54) is 10.4 Å². The van der Waals surface area contributed by atoms with E-state index in [0.29, 0.717) is 12.6 Å². The van der Waals surface area contributed by atoms with Gasteiger partial charge in [-0.15, -0.1) is 23.7 Å². The average molecular weight is 325 g/mol. The van der Waals surface area contributed by atoms with Crippen molar-refractivity contribution in [2.75, 3.05) is 0 Å². The number of nitrogens with zero attached hydrogens (tertiary/aromatic N) is 2. The second-order valence-corrected chi connectivity index (χ2v) is 6.21. The number of thiophene rings is 1. The van der Waals surface area contributed by atoms with Gasteiger partial charge in [-0.1, -0.05) is 18.2 Å². The first-order valence-electron chi connectivity index (χ1n) is 6.66. The summed E-state index contributed by atoms with van der Waals surface area (Å²) in [6, 6.07) is 9.61. The molecule has 0 fully saturated rings. The van der Waals surface area contributed by atoms with Gasteiger partial charge in [0.2, 0.25) is 0 Å². The summed E-state index contributed by atoms with van der Waals surface area (Å²) in [6.07, 6.45) is 1.04. The Kier molecular flexibility index (Phi) is 4.98. The van der Waals surface area contributed by atoms with Crippen LogP contribution in [0.2, 0.25) is 0 Å². The van der Waals surface area contributed by atoms with Crippen LogP contribution < -0.4 is 0 Å². The minimum Gasteiger partial charge on any atom is -0.291 e. The summed E-state index contributed by atoms with van der Waals surface area (Å²) in [5.41, 5.74) is 2.38. The average Bonchev–Trinajstić information content (AvgIpc) is 2.86. The zero-order chi connectivity index (χ0) is 14.1. The molecule has 4 nitrogen and oxygen atoms in total. The zero-order valence-corrected chi connectivity index (χ0v) is 13.3. The van der Waals surface area contributed by atoms with Gasteiger partial charge in [0.25, 0.3) is 5.69 Å². The number of benzene rings is 1. The zero-order valence-electron chi connectivity index (χ0n) is 11.7. The lowest BCUT2D eigenvalue weighted by atomic mass is 10.0. The van der Waals surface area contributed by atoms with E-state index in [1.54, 1.807) is 12.1 Å². The lowest BCUT2D eigenvalue weighted by Gasteiger charge is -2.33. The molecule has 0 N–H and O–H groups in total. The molecule has 1 atom stereocenters. The molecule has 2 aromatic rings. The predicted molar refractivity (Wildman–Crippen MR) is 87.1 cm³/mol. The van der Waals surface area contributed by atoms with Gasteiger partial charge in [-0.05, 0) is 30.4 Å². The van der Waals surface area contributed by atoms with Gasteiger partial charge in [0.05, 0.1) is 4.92 Å². The summed E-state index contributed by atoms with van der Waals surface area (Å²) in [7, 11) is 0. The maximum absolute atomic E-state index is 11.1. The Morgan fingerprint density at radius 1 is 1.38 bits per heavy atom. The third-order valence-electron chi connectivity index (χ3n) is 3.88. The maximum atomic E-state index is 11.1. The summed E-state index contributed by atoms with van der Waals surface area (Å²) in [5.74, 6) is 0. The largest absolute Gasteiger partial charge is 0.291 e. The molecular formula is C15H17ClN2O2S. The van der Waals surface area contributed by atoms with E-state index in [1.807, 2.05) is 23.5 Å². The molecule has 1 aliphatic heterocycles. The molecular weight excluding hydrogens is 308 g/mol. The van der Waals surface area contributed by atoms with Crippen molar-refractivity contribution in [1.82, 2.24) is 4.90 Å². The Balaban J connectivity index is 0.00000161. The molecule has 2 heterocycles. The van der Waals surface area contributed by atoms with Crippen LogP contribution in [0.1, 0.15) is 22.9 Å². The fourth-order valence-corrected chi connectivity index (χ4v) is 3.73. The molecule has 1 aromatic carbocycles. The van der Waals surface area contributed by atoms with Gasteiger partial charge in [-0.3, -0.25) is 15.0 Å². The molecule has 1 aromatic heterocycles. The summed E-state index contributed by atoms with van der Waals surface area (Å²) in [5, 5.41) is 13.2. The van der Waals surface area contributed by atoms with Crippen molar-refractivity contribution in [3.63, 3.8) is 0 Å². The molecule has 0 saturated carbocycles. The lowest BCUT2D eigenvalue weighted by Crippen LogP contribution is -2.37. The molecule has 0 amide bonds. The first-order valence-corrected chi connectivity index (χ1v) is 7.54. The molecule has 0 bridgehead atoms. The van der Waals surface area contributed by atoms with Crippen LogP contribution in [0.4, 0.5) is 5.69 Å². The second kappa shape index (κ2) is 6.56. The summed E-state index contributed by atoms with van der Waals surface area (Å²) in [4.78, 5) is 14.6. The fraction of sp³-hybridized carbons (Fsp3) is 0.333. The molecule has 0 radical (unpaired) electrons. The van der Waals surface area contributed by atoms with E-state index >= 15 is 0 Å². The number of hydrogen-bond acceptors (Lipinski definition) is 4. The van der Waals surface area contributed by atoms with Crippen LogP contribution in [0, 0.1) is 10.1 Å². The van der Waals surface area contributed by atoms with E-state index in [9.17, 15) is 10.1 Å². The van der Waals surface area contributed by atoms with Gasteiger partial charge in [0, 0.05) is 35.6 Å². The Morgan fingerprint density at radius 3 is 2.90 bits per heavy atom. The summed E-state index contributed by atoms with van der Waals surface area (Å²) < 4.78 is 0. The highest BCUT2D eigenvalue weighted by molar-refractivity contribution is 7.10. The van der Waals surface area contributed by atoms with Gasteiger partial charge < -0.3 is 0 Å². The van der Waals surface area contributed by atoms with Crippen LogP contribution in [-0.2, 0) is 19.5 Å². The summed E-state index contributed by atoms with van der Waals surface area (Å²) in [6.45, 7) is 3.71. The molecule has 1 aliphatic rings. The third-order valence-corrected chi connectivity index (χ3v) is 4.86. The van der Waals surface area contributed by atoms with Crippen LogP contribution in [0.5, 0.6) is 0 Å². The molecule has 0 spiro atoms. The third kappa shape index (κ3) is 3.26. The first kappa shape index (κ1) is 15.9. The van der Waals surface area contributed by atoms with Crippen molar-refractivity contribution in [3.05, 3.63) is 61.8 Å². The Bertz CT molecular complexity index is 644. The molecule has 0 saturated heterocycles. The van der Waals surface area contributed by atoms with Crippen LogP contribution in [0.15, 0.2) is 35.7 Å². The van der Waals surface area contributed by atoms with Crippen molar-refractivity contribution in [2.45, 2.75) is 32.5 Å². The van der Waals surface area contributed by atoms with Gasteiger partial charge in [-0.2, -0.15) is 0 Å². The maximum Gasteiger partial charge on any atom is 0.273 e. The Morgan fingerprint density at radius 2 is 2.14 bits per heavy atom. The smallest absolute Gasteiger partial charge is 0.273 e. The molecule has 3 rings (SSSR count). The number of rotatable bonds is 3. The highest BCUT2D eigenvalue weighted by Crippen LogP contribution is 2.30. The van der Waals surface area contributed by atoms with E-state index in [4.69, 9.17) is 0 Å². The minimum absolute atomic E-state index is 0. The molecule has 0 aliphatic carbocycles. The van der Waals surface area contributed by atoms with Crippen molar-refractivity contribution < 1.29 is 4.92 Å². The van der Waals surface area contributed by atoms with Crippen LogP contribution in [0.25, 0.3) is 0 Å². The highest BCUT2D eigenvalue weighted by atomic mass is 35.5. The van der Waals surface area contributed by atoms with Crippen LogP contribution in [0.3, 0.4) is 0 Å². The molecule has 112 valence electrons. The number of fused-ring (bicyclic) bond motifs is 1. The number of nitro benzene ring substituents is 1. The van der Waals surface area contributed by atoms with Gasteiger partial charge >= 0.3 is 0 Å². The molecule has 1 unspecified atom stereocenters. The summed E-state index contributed by atoms with van der Waals surface area (Å²) >= 11 is 1.81. The van der Waals surface area contributed by atoms with Crippen LogP contribution in [-0.4, -0.2) is 15.9 Å². The van der Waals surface area contributed by atoms with Crippen molar-refractivity contribution in [3.8, 4) is 0 Å². The Labute approximate surface area is 134 Å². The van der Waals surface area contributed by atoms with Crippen molar-refractivity contribution in [1.29, 1.82) is 0 Å². The second-order valence-electron chi connectivity index (χ2n) is 5.21. The van der Waals surface area contributed by atoms with Gasteiger partial charge in [0.1, 0.15) is 0 Å². The predicted octanol–water partition coefficient (Wildman–Crippen LogP) is 4.02. The van der Waals surface area contributed by atoms with Gasteiger partial charge in [0.15, 0.2) is 0 Å². The Hall–Kier alpha value is -1.43. The standard InChI is InChI=1S/C15H16N2O2S.ClH/c1-11-8-15-13(6-7-20-15)10-16(11)9-12-4-2-3-5-14(12)17(18)19;/h2-7,11H,8-10H2,1H3;1H. The van der Waals surface area contributed by atoms with E-state index < -0.39 is 0 Å². The van der Waals surface area contributed by atoms with Crippen molar-refractivity contribution >= 4 is 29.4 Å². The van der Waals surface area contributed by atoms with Crippen LogP contribution >= 0.6 is 23.7 Å². The number of halogens is 1. The number of para-hydroxylation sites is 1. The fourth-order valence-electron chi connectivity index (χ4n) is 2.71. The number of hydrogen-bond donors (Lipinski definition) is 0.